The summed E-state index contributed by atoms with van der Waals surface area (Å²) in [6, 6.07) is 4.57. The SMILES string of the molecule is O=C(NCc1cccc(C(F)(F)F)c1)N1CC[C@H](CO)C1. The summed E-state index contributed by atoms with van der Waals surface area (Å²) in [5.74, 6) is 0.0873. The topological polar surface area (TPSA) is 52.6 Å². The number of amides is 2. The molecule has 0 unspecified atom stereocenters. The molecule has 21 heavy (non-hydrogen) atoms. The molecule has 1 aromatic rings. The number of rotatable bonds is 3. The van der Waals surface area contributed by atoms with Crippen LogP contribution in [0, 0.1) is 5.92 Å². The van der Waals surface area contributed by atoms with Gasteiger partial charge in [-0.3, -0.25) is 0 Å². The van der Waals surface area contributed by atoms with Gasteiger partial charge in [-0.15, -0.1) is 0 Å². The highest BCUT2D eigenvalue weighted by Crippen LogP contribution is 2.29. The number of nitrogens with one attached hydrogen (secondary N) is 1. The van der Waals surface area contributed by atoms with E-state index in [1.165, 1.54) is 12.1 Å². The van der Waals surface area contributed by atoms with E-state index in [9.17, 15) is 18.0 Å². The molecule has 0 aromatic heterocycles. The third-order valence-electron chi connectivity index (χ3n) is 3.53. The van der Waals surface area contributed by atoms with Crippen LogP contribution >= 0.6 is 0 Å². The Morgan fingerprint density at radius 2 is 2.19 bits per heavy atom. The molecule has 0 bridgehead atoms. The molecular weight excluding hydrogens is 285 g/mol. The van der Waals surface area contributed by atoms with E-state index in [2.05, 4.69) is 5.32 Å². The third kappa shape index (κ3) is 4.10. The average molecular weight is 302 g/mol. The molecule has 0 saturated carbocycles. The van der Waals surface area contributed by atoms with Crippen molar-refractivity contribution in [3.8, 4) is 0 Å². The smallest absolute Gasteiger partial charge is 0.396 e. The van der Waals surface area contributed by atoms with E-state index in [1.807, 2.05) is 0 Å². The highest BCUT2D eigenvalue weighted by molar-refractivity contribution is 5.74. The summed E-state index contributed by atoms with van der Waals surface area (Å²) in [6.07, 6.45) is -3.64. The van der Waals surface area contributed by atoms with Crippen LogP contribution in [0.15, 0.2) is 24.3 Å². The van der Waals surface area contributed by atoms with Crippen LogP contribution in [-0.2, 0) is 12.7 Å². The molecule has 1 atom stereocenters. The van der Waals surface area contributed by atoms with Gasteiger partial charge in [-0.2, -0.15) is 13.2 Å². The summed E-state index contributed by atoms with van der Waals surface area (Å²) < 4.78 is 37.7. The Balaban J connectivity index is 1.90. The summed E-state index contributed by atoms with van der Waals surface area (Å²) in [5.41, 5.74) is -0.327. The summed E-state index contributed by atoms with van der Waals surface area (Å²) in [4.78, 5) is 13.4. The highest BCUT2D eigenvalue weighted by atomic mass is 19.4. The second kappa shape index (κ2) is 6.34. The van der Waals surface area contributed by atoms with Crippen molar-refractivity contribution in [2.24, 2.45) is 5.92 Å². The molecule has 4 nitrogen and oxygen atoms in total. The summed E-state index contributed by atoms with van der Waals surface area (Å²) in [6.45, 7) is 1.12. The van der Waals surface area contributed by atoms with Gasteiger partial charge in [0.25, 0.3) is 0 Å². The first-order chi connectivity index (χ1) is 9.90. The maximum absolute atomic E-state index is 12.6. The number of aliphatic hydroxyl groups excluding tert-OH is 1. The molecule has 7 heteroatoms. The Hall–Kier alpha value is -1.76. The van der Waals surface area contributed by atoms with Gasteiger partial charge in [0.05, 0.1) is 5.56 Å². The quantitative estimate of drug-likeness (QED) is 0.899. The Bertz CT molecular complexity index is 505. The molecular formula is C14H17F3N2O2. The first-order valence-electron chi connectivity index (χ1n) is 6.70. The van der Waals surface area contributed by atoms with Gasteiger partial charge in [0.15, 0.2) is 0 Å². The fraction of sp³-hybridized carbons (Fsp3) is 0.500. The number of carbonyl (C=O) groups is 1. The molecule has 116 valence electrons. The van der Waals surface area contributed by atoms with Crippen LogP contribution in [0.25, 0.3) is 0 Å². The van der Waals surface area contributed by atoms with Gasteiger partial charge in [-0.05, 0) is 24.1 Å². The van der Waals surface area contributed by atoms with Crippen molar-refractivity contribution >= 4 is 6.03 Å². The Morgan fingerprint density at radius 3 is 2.81 bits per heavy atom. The predicted molar refractivity (Wildman–Crippen MR) is 70.4 cm³/mol. The second-order valence-electron chi connectivity index (χ2n) is 5.14. The summed E-state index contributed by atoms with van der Waals surface area (Å²) in [5, 5.41) is 11.6. The number of alkyl halides is 3. The molecule has 0 aliphatic carbocycles. The van der Waals surface area contributed by atoms with Crippen molar-refractivity contribution in [1.29, 1.82) is 0 Å². The Morgan fingerprint density at radius 1 is 1.43 bits per heavy atom. The van der Waals surface area contributed by atoms with Crippen LogP contribution in [0.4, 0.5) is 18.0 Å². The van der Waals surface area contributed by atoms with Gasteiger partial charge in [0.2, 0.25) is 0 Å². The lowest BCUT2D eigenvalue weighted by molar-refractivity contribution is -0.137. The Kier molecular flexibility index (Phi) is 4.72. The van der Waals surface area contributed by atoms with Gasteiger partial charge in [0, 0.05) is 32.2 Å². The fourth-order valence-electron chi connectivity index (χ4n) is 2.31. The predicted octanol–water partition coefficient (Wildman–Crippen LogP) is 2.23. The molecule has 1 aromatic carbocycles. The van der Waals surface area contributed by atoms with Gasteiger partial charge in [0.1, 0.15) is 0 Å². The van der Waals surface area contributed by atoms with E-state index < -0.39 is 11.7 Å². The monoisotopic (exact) mass is 302 g/mol. The highest BCUT2D eigenvalue weighted by Gasteiger charge is 2.30. The van der Waals surface area contributed by atoms with Gasteiger partial charge in [-0.1, -0.05) is 12.1 Å². The van der Waals surface area contributed by atoms with E-state index >= 15 is 0 Å². The number of likely N-dealkylation sites (tertiary alicyclic amines) is 1. The van der Waals surface area contributed by atoms with Crippen molar-refractivity contribution in [2.45, 2.75) is 19.1 Å². The van der Waals surface area contributed by atoms with Crippen LogP contribution in [0.3, 0.4) is 0 Å². The molecule has 1 aliphatic rings. The zero-order valence-corrected chi connectivity index (χ0v) is 11.4. The lowest BCUT2D eigenvalue weighted by Crippen LogP contribution is -2.38. The third-order valence-corrected chi connectivity index (χ3v) is 3.53. The first kappa shape index (κ1) is 15.6. The maximum atomic E-state index is 12.6. The minimum absolute atomic E-state index is 0.0391. The largest absolute Gasteiger partial charge is 0.416 e. The van der Waals surface area contributed by atoms with Gasteiger partial charge >= 0.3 is 12.2 Å². The van der Waals surface area contributed by atoms with Crippen LogP contribution in [0.2, 0.25) is 0 Å². The zero-order chi connectivity index (χ0) is 15.5. The molecule has 0 radical (unpaired) electrons. The van der Waals surface area contributed by atoms with Crippen molar-refractivity contribution < 1.29 is 23.1 Å². The second-order valence-corrected chi connectivity index (χ2v) is 5.14. The molecule has 1 saturated heterocycles. The van der Waals surface area contributed by atoms with E-state index in [0.717, 1.165) is 18.6 Å². The van der Waals surface area contributed by atoms with E-state index in [0.29, 0.717) is 18.7 Å². The average Bonchev–Trinajstić information content (AvgIpc) is 2.93. The molecule has 2 rings (SSSR count). The van der Waals surface area contributed by atoms with Crippen LogP contribution in [-0.4, -0.2) is 35.7 Å². The normalized spacial score (nSPS) is 18.9. The molecule has 1 heterocycles. The lowest BCUT2D eigenvalue weighted by atomic mass is 10.1. The van der Waals surface area contributed by atoms with Crippen LogP contribution in [0.1, 0.15) is 17.5 Å². The number of hydrogen-bond donors (Lipinski definition) is 2. The molecule has 1 fully saturated rings. The number of halogens is 3. The number of hydrogen-bond acceptors (Lipinski definition) is 2. The maximum Gasteiger partial charge on any atom is 0.416 e. The van der Waals surface area contributed by atoms with E-state index in [-0.39, 0.29) is 25.1 Å². The summed E-state index contributed by atoms with van der Waals surface area (Å²) >= 11 is 0. The van der Waals surface area contributed by atoms with Crippen molar-refractivity contribution in [1.82, 2.24) is 10.2 Å². The number of urea groups is 1. The van der Waals surface area contributed by atoms with Crippen LogP contribution < -0.4 is 5.32 Å². The molecule has 0 spiro atoms. The Labute approximate surface area is 120 Å². The zero-order valence-electron chi connectivity index (χ0n) is 11.4. The first-order valence-corrected chi connectivity index (χ1v) is 6.70. The number of nitrogens with zero attached hydrogens (tertiary/aromatic N) is 1. The molecule has 1 aliphatic heterocycles. The standard InChI is InChI=1S/C14H17F3N2O2/c15-14(16,17)12-3-1-2-10(6-12)7-18-13(21)19-5-4-11(8-19)9-20/h1-3,6,11,20H,4-5,7-9H2,(H,18,21)/t11-/m0/s1. The van der Waals surface area contributed by atoms with E-state index in [1.54, 1.807) is 4.90 Å². The summed E-state index contributed by atoms with van der Waals surface area (Å²) in [7, 11) is 0. The number of aliphatic hydroxyl groups is 1. The molecule has 2 N–H and O–H groups in total. The number of benzene rings is 1. The van der Waals surface area contributed by atoms with Crippen molar-refractivity contribution in [3.63, 3.8) is 0 Å². The van der Waals surface area contributed by atoms with Gasteiger partial charge in [-0.25, -0.2) is 4.79 Å². The fourth-order valence-corrected chi connectivity index (χ4v) is 2.31. The molecule has 2 amide bonds. The van der Waals surface area contributed by atoms with Crippen molar-refractivity contribution in [2.75, 3.05) is 19.7 Å². The lowest BCUT2D eigenvalue weighted by Gasteiger charge is -2.17. The van der Waals surface area contributed by atoms with Crippen LogP contribution in [0.5, 0.6) is 0 Å². The van der Waals surface area contributed by atoms with Crippen molar-refractivity contribution in [3.05, 3.63) is 35.4 Å². The van der Waals surface area contributed by atoms with Gasteiger partial charge < -0.3 is 15.3 Å². The minimum atomic E-state index is -4.39. The van der Waals surface area contributed by atoms with E-state index in [4.69, 9.17) is 5.11 Å². The minimum Gasteiger partial charge on any atom is -0.396 e. The number of carbonyl (C=O) groups excluding carboxylic acids is 1.